The number of nitrogens with zero attached hydrogens (tertiary/aromatic N) is 4. The molecule has 1 N–H and O–H groups in total. The smallest absolute Gasteiger partial charge is 0.271 e. The molecular weight excluding hydrogens is 442 g/mol. The highest BCUT2D eigenvalue weighted by Gasteiger charge is 2.26. The Hall–Kier alpha value is -2.68. The minimum atomic E-state index is -0.373. The summed E-state index contributed by atoms with van der Waals surface area (Å²) < 4.78 is 0. The number of nitro benzene ring substituents is 1. The maximum Gasteiger partial charge on any atom is 0.271 e. The van der Waals surface area contributed by atoms with Crippen LogP contribution in [0.15, 0.2) is 48.5 Å². The summed E-state index contributed by atoms with van der Waals surface area (Å²) in [6.45, 7) is 5.84. The van der Waals surface area contributed by atoms with E-state index in [4.69, 9.17) is 11.6 Å². The molecule has 0 radical (unpaired) electrons. The van der Waals surface area contributed by atoms with Crippen molar-refractivity contribution in [2.45, 2.75) is 18.9 Å². The quantitative estimate of drug-likeness (QED) is 0.470. The fourth-order valence-corrected chi connectivity index (χ4v) is 4.93. The van der Waals surface area contributed by atoms with Crippen LogP contribution in [0.1, 0.15) is 24.4 Å². The van der Waals surface area contributed by atoms with Gasteiger partial charge in [-0.2, -0.15) is 0 Å². The normalized spacial score (nSPS) is 18.3. The minimum absolute atomic E-state index is 0.00931. The van der Waals surface area contributed by atoms with E-state index in [1.165, 1.54) is 18.9 Å². The molecule has 2 aliphatic rings. The van der Waals surface area contributed by atoms with Crippen molar-refractivity contribution in [3.63, 3.8) is 0 Å². The number of amides is 1. The first kappa shape index (κ1) is 23.5. The molecule has 8 nitrogen and oxygen atoms in total. The molecule has 1 atom stereocenters. The predicted octanol–water partition coefficient (Wildman–Crippen LogP) is 3.32. The van der Waals surface area contributed by atoms with Crippen LogP contribution in [0.5, 0.6) is 0 Å². The predicted molar refractivity (Wildman–Crippen MR) is 130 cm³/mol. The number of likely N-dealkylation sites (tertiary alicyclic amines) is 1. The number of non-ortho nitro benzene ring substituents is 1. The Bertz CT molecular complexity index is 974. The summed E-state index contributed by atoms with van der Waals surface area (Å²) in [7, 11) is 0. The Kier molecular flexibility index (Phi) is 7.80. The fraction of sp³-hybridized carbons (Fsp3) is 0.458. The minimum Gasteiger partial charge on any atom is -0.369 e. The second-order valence-electron chi connectivity index (χ2n) is 8.62. The van der Waals surface area contributed by atoms with Gasteiger partial charge in [-0.3, -0.25) is 24.7 Å². The molecular formula is C24H30ClN5O3. The van der Waals surface area contributed by atoms with Crippen LogP contribution < -0.4 is 10.2 Å². The zero-order chi connectivity index (χ0) is 23.2. The number of hydrogen-bond donors (Lipinski definition) is 1. The molecule has 2 heterocycles. The molecule has 0 spiro atoms. The van der Waals surface area contributed by atoms with E-state index in [2.05, 4.69) is 20.0 Å². The summed E-state index contributed by atoms with van der Waals surface area (Å²) in [4.78, 5) is 30.0. The van der Waals surface area contributed by atoms with E-state index in [0.717, 1.165) is 55.5 Å². The number of nitrogens with one attached hydrogen (secondary N) is 1. The van der Waals surface area contributed by atoms with E-state index in [9.17, 15) is 14.9 Å². The zero-order valence-corrected chi connectivity index (χ0v) is 19.4. The van der Waals surface area contributed by atoms with Crippen molar-refractivity contribution in [1.29, 1.82) is 0 Å². The molecule has 2 saturated heterocycles. The van der Waals surface area contributed by atoms with E-state index < -0.39 is 0 Å². The third kappa shape index (κ3) is 6.01. The van der Waals surface area contributed by atoms with Gasteiger partial charge in [0.15, 0.2) is 0 Å². The van der Waals surface area contributed by atoms with E-state index in [-0.39, 0.29) is 22.6 Å². The van der Waals surface area contributed by atoms with Gasteiger partial charge in [0.2, 0.25) is 5.91 Å². The average Bonchev–Trinajstić information content (AvgIpc) is 3.35. The summed E-state index contributed by atoms with van der Waals surface area (Å²) in [5.74, 6) is 0.00931. The maximum atomic E-state index is 12.7. The standard InChI is InChI=1S/C24H30ClN5O3/c25-22-9-2-1-8-21(22)23(29-10-3-4-11-29)17-26-24(31)18-27-12-14-28(15-13-27)19-6-5-7-20(16-19)30(32)33/h1-2,5-9,16,23H,3-4,10-15,17-18H2,(H,26,31). The first-order valence-electron chi connectivity index (χ1n) is 11.5. The largest absolute Gasteiger partial charge is 0.369 e. The number of nitro groups is 1. The number of piperazine rings is 1. The van der Waals surface area contributed by atoms with Gasteiger partial charge in [-0.1, -0.05) is 35.9 Å². The molecule has 0 aromatic heterocycles. The molecule has 2 fully saturated rings. The van der Waals surface area contributed by atoms with Crippen molar-refractivity contribution in [3.05, 3.63) is 69.2 Å². The second kappa shape index (κ2) is 11.0. The van der Waals surface area contributed by atoms with E-state index in [0.29, 0.717) is 13.1 Å². The van der Waals surface area contributed by atoms with Crippen LogP contribution >= 0.6 is 11.6 Å². The number of benzene rings is 2. The third-order valence-corrected chi connectivity index (χ3v) is 6.83. The average molecular weight is 472 g/mol. The zero-order valence-electron chi connectivity index (χ0n) is 18.7. The Morgan fingerprint density at radius 3 is 2.45 bits per heavy atom. The summed E-state index contributed by atoms with van der Waals surface area (Å²) in [5.41, 5.74) is 2.01. The lowest BCUT2D eigenvalue weighted by molar-refractivity contribution is -0.384. The number of halogens is 1. The molecule has 2 aromatic carbocycles. The topological polar surface area (TPSA) is 82.0 Å². The van der Waals surface area contributed by atoms with Gasteiger partial charge in [0.25, 0.3) is 5.69 Å². The lowest BCUT2D eigenvalue weighted by atomic mass is 10.1. The first-order valence-corrected chi connectivity index (χ1v) is 11.9. The summed E-state index contributed by atoms with van der Waals surface area (Å²) >= 11 is 6.47. The van der Waals surface area contributed by atoms with Crippen molar-refractivity contribution < 1.29 is 9.72 Å². The van der Waals surface area contributed by atoms with E-state index >= 15 is 0 Å². The molecule has 1 amide bonds. The number of anilines is 1. The molecule has 0 saturated carbocycles. The van der Waals surface area contributed by atoms with Gasteiger partial charge in [-0.15, -0.1) is 0 Å². The highest BCUT2D eigenvalue weighted by Crippen LogP contribution is 2.29. The monoisotopic (exact) mass is 471 g/mol. The van der Waals surface area contributed by atoms with Crippen LogP contribution in [-0.4, -0.2) is 73.0 Å². The van der Waals surface area contributed by atoms with Crippen molar-refractivity contribution in [2.75, 3.05) is 57.3 Å². The van der Waals surface area contributed by atoms with Gasteiger partial charge in [-0.25, -0.2) is 0 Å². The van der Waals surface area contributed by atoms with Gasteiger partial charge >= 0.3 is 0 Å². The Morgan fingerprint density at radius 1 is 1.03 bits per heavy atom. The molecule has 2 aliphatic heterocycles. The van der Waals surface area contributed by atoms with Gasteiger partial charge in [0, 0.05) is 55.6 Å². The lowest BCUT2D eigenvalue weighted by Gasteiger charge is -2.35. The Morgan fingerprint density at radius 2 is 1.76 bits per heavy atom. The van der Waals surface area contributed by atoms with Crippen molar-refractivity contribution in [3.8, 4) is 0 Å². The Labute approximate surface area is 199 Å². The second-order valence-corrected chi connectivity index (χ2v) is 9.03. The van der Waals surface area contributed by atoms with Gasteiger partial charge in [-0.05, 0) is 43.6 Å². The molecule has 176 valence electrons. The number of carbonyl (C=O) groups excluding carboxylic acids is 1. The van der Waals surface area contributed by atoms with Gasteiger partial charge < -0.3 is 10.2 Å². The SMILES string of the molecule is O=C(CN1CCN(c2cccc([N+](=O)[O-])c2)CC1)NCC(c1ccccc1Cl)N1CCCC1. The molecule has 0 bridgehead atoms. The number of rotatable bonds is 8. The summed E-state index contributed by atoms with van der Waals surface area (Å²) in [6, 6.07) is 14.7. The number of carbonyl (C=O) groups is 1. The number of hydrogen-bond acceptors (Lipinski definition) is 6. The molecule has 4 rings (SSSR count). The van der Waals surface area contributed by atoms with E-state index in [1.807, 2.05) is 30.3 Å². The third-order valence-electron chi connectivity index (χ3n) is 6.48. The van der Waals surface area contributed by atoms with Gasteiger partial charge in [0.1, 0.15) is 0 Å². The van der Waals surface area contributed by atoms with Crippen molar-refractivity contribution in [1.82, 2.24) is 15.1 Å². The lowest BCUT2D eigenvalue weighted by Crippen LogP contribution is -2.50. The van der Waals surface area contributed by atoms with E-state index in [1.54, 1.807) is 12.1 Å². The summed E-state index contributed by atoms with van der Waals surface area (Å²) in [5, 5.41) is 14.9. The molecule has 1 unspecified atom stereocenters. The van der Waals surface area contributed by atoms with Crippen LogP contribution in [0.25, 0.3) is 0 Å². The molecule has 33 heavy (non-hydrogen) atoms. The van der Waals surface area contributed by atoms with Crippen LogP contribution in [0.2, 0.25) is 5.02 Å². The molecule has 9 heteroatoms. The Balaban J connectivity index is 1.29. The maximum absolute atomic E-state index is 12.7. The summed E-state index contributed by atoms with van der Waals surface area (Å²) in [6.07, 6.45) is 2.34. The van der Waals surface area contributed by atoms with Crippen LogP contribution in [0, 0.1) is 10.1 Å². The first-order chi connectivity index (χ1) is 16.0. The van der Waals surface area contributed by atoms with Crippen LogP contribution in [-0.2, 0) is 4.79 Å². The highest BCUT2D eigenvalue weighted by atomic mass is 35.5. The highest BCUT2D eigenvalue weighted by molar-refractivity contribution is 6.31. The van der Waals surface area contributed by atoms with Crippen molar-refractivity contribution >= 4 is 28.9 Å². The van der Waals surface area contributed by atoms with Crippen LogP contribution in [0.3, 0.4) is 0 Å². The fourth-order valence-electron chi connectivity index (χ4n) is 4.67. The van der Waals surface area contributed by atoms with Crippen molar-refractivity contribution in [2.24, 2.45) is 0 Å². The van der Waals surface area contributed by atoms with Gasteiger partial charge in [0.05, 0.1) is 17.5 Å². The molecule has 2 aromatic rings. The molecule has 0 aliphatic carbocycles. The van der Waals surface area contributed by atoms with Crippen LogP contribution in [0.4, 0.5) is 11.4 Å².